The van der Waals surface area contributed by atoms with Crippen molar-refractivity contribution >= 4 is 23.2 Å². The number of nitrogens with one attached hydrogen (secondary N) is 1. The maximum absolute atomic E-state index is 13.5. The van der Waals surface area contributed by atoms with Gasteiger partial charge >= 0.3 is 0 Å². The standard InChI is InChI=1S/C20H14ClF2NO2/c21-15-11-14(13-5-2-1-3-6-13)9-10-18(15)26-12-19(25)24-20-16(22)7-4-8-17(20)23/h1-11H,12H2,(H,24,25). The fraction of sp³-hybridized carbons (Fsp3) is 0.0500. The van der Waals surface area contributed by atoms with Crippen LogP contribution in [0.4, 0.5) is 14.5 Å². The third-order valence-electron chi connectivity index (χ3n) is 3.62. The Kier molecular flexibility index (Phi) is 5.49. The van der Waals surface area contributed by atoms with Gasteiger partial charge in [0.1, 0.15) is 23.1 Å². The number of para-hydroxylation sites is 1. The fourth-order valence-electron chi connectivity index (χ4n) is 2.36. The van der Waals surface area contributed by atoms with Crippen molar-refractivity contribution in [3.8, 4) is 16.9 Å². The molecule has 0 aliphatic rings. The molecule has 1 amide bonds. The van der Waals surface area contributed by atoms with Crippen LogP contribution in [-0.2, 0) is 4.79 Å². The lowest BCUT2D eigenvalue weighted by Crippen LogP contribution is -2.21. The van der Waals surface area contributed by atoms with Crippen molar-refractivity contribution in [1.82, 2.24) is 0 Å². The molecule has 1 N–H and O–H groups in total. The van der Waals surface area contributed by atoms with Gasteiger partial charge in [-0.3, -0.25) is 4.79 Å². The summed E-state index contributed by atoms with van der Waals surface area (Å²) in [5.74, 6) is -2.11. The zero-order valence-electron chi connectivity index (χ0n) is 13.5. The quantitative estimate of drug-likeness (QED) is 0.658. The highest BCUT2D eigenvalue weighted by Crippen LogP contribution is 2.30. The number of carbonyl (C=O) groups is 1. The number of rotatable bonds is 5. The largest absolute Gasteiger partial charge is 0.482 e. The molecule has 0 fully saturated rings. The molecule has 0 aliphatic heterocycles. The van der Waals surface area contributed by atoms with E-state index in [9.17, 15) is 13.6 Å². The zero-order valence-corrected chi connectivity index (χ0v) is 14.3. The van der Waals surface area contributed by atoms with Crippen LogP contribution in [0.3, 0.4) is 0 Å². The molecule has 0 saturated heterocycles. The van der Waals surface area contributed by atoms with Crippen LogP contribution in [0, 0.1) is 11.6 Å². The average Bonchev–Trinajstić information content (AvgIpc) is 2.64. The monoisotopic (exact) mass is 373 g/mol. The second kappa shape index (κ2) is 7.97. The van der Waals surface area contributed by atoms with Crippen molar-refractivity contribution in [3.63, 3.8) is 0 Å². The Morgan fingerprint density at radius 3 is 2.27 bits per heavy atom. The molecule has 0 spiro atoms. The van der Waals surface area contributed by atoms with E-state index in [1.165, 1.54) is 6.07 Å². The first kappa shape index (κ1) is 17.9. The molecule has 3 aromatic rings. The van der Waals surface area contributed by atoms with E-state index in [0.29, 0.717) is 10.8 Å². The Bertz CT molecular complexity index is 912. The maximum atomic E-state index is 13.5. The van der Waals surface area contributed by atoms with E-state index in [2.05, 4.69) is 5.32 Å². The minimum absolute atomic E-state index is 0.301. The summed E-state index contributed by atoms with van der Waals surface area (Å²) in [4.78, 5) is 11.9. The lowest BCUT2D eigenvalue weighted by molar-refractivity contribution is -0.118. The number of hydrogen-bond donors (Lipinski definition) is 1. The van der Waals surface area contributed by atoms with E-state index in [1.54, 1.807) is 12.1 Å². The zero-order chi connectivity index (χ0) is 18.5. The molecular formula is C20H14ClF2NO2. The van der Waals surface area contributed by atoms with Crippen LogP contribution in [0.1, 0.15) is 0 Å². The number of halogens is 3. The van der Waals surface area contributed by atoms with E-state index >= 15 is 0 Å². The van der Waals surface area contributed by atoms with E-state index in [4.69, 9.17) is 16.3 Å². The molecule has 3 aromatic carbocycles. The molecule has 0 aromatic heterocycles. The van der Waals surface area contributed by atoms with Gasteiger partial charge in [-0.2, -0.15) is 0 Å². The van der Waals surface area contributed by atoms with Crippen molar-refractivity contribution < 1.29 is 18.3 Å². The van der Waals surface area contributed by atoms with Gasteiger partial charge in [-0.25, -0.2) is 8.78 Å². The van der Waals surface area contributed by atoms with Gasteiger partial charge in [-0.1, -0.05) is 54.1 Å². The second-order valence-electron chi connectivity index (χ2n) is 5.44. The summed E-state index contributed by atoms with van der Waals surface area (Å²) in [5.41, 5.74) is 1.39. The summed E-state index contributed by atoms with van der Waals surface area (Å²) in [6, 6.07) is 18.1. The first-order valence-corrected chi connectivity index (χ1v) is 8.14. The molecular weight excluding hydrogens is 360 g/mol. The Hall–Kier alpha value is -2.92. The molecule has 0 radical (unpaired) electrons. The highest BCUT2D eigenvalue weighted by Gasteiger charge is 2.13. The molecule has 3 nitrogen and oxygen atoms in total. The molecule has 0 bridgehead atoms. The van der Waals surface area contributed by atoms with Crippen molar-refractivity contribution in [2.24, 2.45) is 0 Å². The van der Waals surface area contributed by atoms with Crippen LogP contribution < -0.4 is 10.1 Å². The molecule has 26 heavy (non-hydrogen) atoms. The van der Waals surface area contributed by atoms with Gasteiger partial charge in [0.05, 0.1) is 5.02 Å². The Labute approximate surface area is 154 Å². The lowest BCUT2D eigenvalue weighted by Gasteiger charge is -2.11. The molecule has 0 unspecified atom stereocenters. The minimum atomic E-state index is -0.858. The number of benzene rings is 3. The van der Waals surface area contributed by atoms with Crippen molar-refractivity contribution in [2.45, 2.75) is 0 Å². The Morgan fingerprint density at radius 1 is 0.923 bits per heavy atom. The highest BCUT2D eigenvalue weighted by molar-refractivity contribution is 6.32. The van der Waals surface area contributed by atoms with Gasteiger partial charge in [0.2, 0.25) is 0 Å². The summed E-state index contributed by atoms with van der Waals surface area (Å²) in [6.45, 7) is -0.432. The van der Waals surface area contributed by atoms with Gasteiger partial charge in [-0.15, -0.1) is 0 Å². The van der Waals surface area contributed by atoms with Gasteiger partial charge in [-0.05, 0) is 35.4 Å². The minimum Gasteiger partial charge on any atom is -0.482 e. The topological polar surface area (TPSA) is 38.3 Å². The second-order valence-corrected chi connectivity index (χ2v) is 5.85. The van der Waals surface area contributed by atoms with Crippen LogP contribution in [0.25, 0.3) is 11.1 Å². The molecule has 132 valence electrons. The van der Waals surface area contributed by atoms with Crippen LogP contribution >= 0.6 is 11.6 Å². The van der Waals surface area contributed by atoms with Gasteiger partial charge in [0.25, 0.3) is 5.91 Å². The molecule has 3 rings (SSSR count). The predicted molar refractivity (Wildman–Crippen MR) is 97.4 cm³/mol. The van der Waals surface area contributed by atoms with Crippen molar-refractivity contribution in [3.05, 3.63) is 83.4 Å². The molecule has 0 saturated carbocycles. The predicted octanol–water partition coefficient (Wildman–Crippen LogP) is 5.30. The molecule has 6 heteroatoms. The number of ether oxygens (including phenoxy) is 1. The Morgan fingerprint density at radius 2 is 1.62 bits per heavy atom. The number of amides is 1. The van der Waals surface area contributed by atoms with Gasteiger partial charge < -0.3 is 10.1 Å². The third-order valence-corrected chi connectivity index (χ3v) is 3.92. The summed E-state index contributed by atoms with van der Waals surface area (Å²) in [5, 5.41) is 2.48. The van der Waals surface area contributed by atoms with Crippen LogP contribution in [-0.4, -0.2) is 12.5 Å². The van der Waals surface area contributed by atoms with E-state index < -0.39 is 29.8 Å². The van der Waals surface area contributed by atoms with E-state index in [-0.39, 0.29) is 0 Å². The number of hydrogen-bond acceptors (Lipinski definition) is 2. The summed E-state index contributed by atoms with van der Waals surface area (Å²) >= 11 is 6.20. The third kappa shape index (κ3) is 4.18. The summed E-state index contributed by atoms with van der Waals surface area (Å²) in [6.07, 6.45) is 0. The smallest absolute Gasteiger partial charge is 0.262 e. The average molecular weight is 374 g/mol. The highest BCUT2D eigenvalue weighted by atomic mass is 35.5. The van der Waals surface area contributed by atoms with Crippen molar-refractivity contribution in [2.75, 3.05) is 11.9 Å². The SMILES string of the molecule is O=C(COc1ccc(-c2ccccc2)cc1Cl)Nc1c(F)cccc1F. The normalized spacial score (nSPS) is 10.4. The summed E-state index contributed by atoms with van der Waals surface area (Å²) in [7, 11) is 0. The van der Waals surface area contributed by atoms with Gasteiger partial charge in [0, 0.05) is 0 Å². The van der Waals surface area contributed by atoms with E-state index in [0.717, 1.165) is 23.3 Å². The first-order valence-electron chi connectivity index (χ1n) is 7.76. The molecule has 0 atom stereocenters. The van der Waals surface area contributed by atoms with Crippen LogP contribution in [0.2, 0.25) is 5.02 Å². The lowest BCUT2D eigenvalue weighted by atomic mass is 10.1. The number of anilines is 1. The first-order chi connectivity index (χ1) is 12.5. The maximum Gasteiger partial charge on any atom is 0.262 e. The van der Waals surface area contributed by atoms with Crippen LogP contribution in [0.15, 0.2) is 66.7 Å². The van der Waals surface area contributed by atoms with Crippen molar-refractivity contribution in [1.29, 1.82) is 0 Å². The van der Waals surface area contributed by atoms with Gasteiger partial charge in [0.15, 0.2) is 6.61 Å². The summed E-state index contributed by atoms with van der Waals surface area (Å²) < 4.78 is 32.4. The molecule has 0 heterocycles. The number of carbonyl (C=O) groups excluding carboxylic acids is 1. The fourth-order valence-corrected chi connectivity index (χ4v) is 2.60. The Balaban J connectivity index is 1.65. The molecule has 0 aliphatic carbocycles. The van der Waals surface area contributed by atoms with Crippen LogP contribution in [0.5, 0.6) is 5.75 Å². The van der Waals surface area contributed by atoms with E-state index in [1.807, 2.05) is 36.4 Å².